The molecule has 0 saturated heterocycles. The van der Waals surface area contributed by atoms with E-state index in [9.17, 15) is 13.2 Å². The number of hydrogen-bond donors (Lipinski definition) is 1. The van der Waals surface area contributed by atoms with Crippen molar-refractivity contribution in [3.63, 3.8) is 0 Å². The molecule has 0 bridgehead atoms. The molecule has 6 nitrogen and oxygen atoms in total. The van der Waals surface area contributed by atoms with Gasteiger partial charge in [-0.1, -0.05) is 17.7 Å². The molecule has 0 spiro atoms. The van der Waals surface area contributed by atoms with Crippen LogP contribution in [0.25, 0.3) is 11.3 Å². The Labute approximate surface area is 187 Å². The van der Waals surface area contributed by atoms with Gasteiger partial charge in [0.15, 0.2) is 5.13 Å². The minimum absolute atomic E-state index is 0.0906. The van der Waals surface area contributed by atoms with Crippen molar-refractivity contribution in [1.29, 1.82) is 0 Å². The molecule has 1 aliphatic carbocycles. The van der Waals surface area contributed by atoms with Gasteiger partial charge >= 0.3 is 0 Å². The van der Waals surface area contributed by atoms with E-state index < -0.39 is 10.0 Å². The van der Waals surface area contributed by atoms with Gasteiger partial charge in [0.2, 0.25) is 10.0 Å². The highest BCUT2D eigenvalue weighted by Crippen LogP contribution is 2.32. The number of hydrogen-bond acceptors (Lipinski definition) is 5. The van der Waals surface area contributed by atoms with E-state index in [1.807, 2.05) is 5.38 Å². The molecular weight excluding hydrogens is 430 g/mol. The van der Waals surface area contributed by atoms with Crippen LogP contribution >= 0.6 is 11.3 Å². The van der Waals surface area contributed by atoms with Crippen LogP contribution in [0.1, 0.15) is 39.9 Å². The van der Waals surface area contributed by atoms with E-state index in [2.05, 4.69) is 43.2 Å². The lowest BCUT2D eigenvalue weighted by Crippen LogP contribution is -2.29. The lowest BCUT2D eigenvalue weighted by molar-refractivity contribution is 0.102. The van der Waals surface area contributed by atoms with E-state index >= 15 is 0 Å². The maximum atomic E-state index is 12.6. The predicted octanol–water partition coefficient (Wildman–Crippen LogP) is 4.77. The second-order valence-corrected chi connectivity index (χ2v) is 10.9. The maximum Gasteiger partial charge on any atom is 0.257 e. The normalized spacial score (nSPS) is 14.1. The van der Waals surface area contributed by atoms with Gasteiger partial charge in [-0.05, 0) is 69.0 Å². The molecule has 8 heteroatoms. The summed E-state index contributed by atoms with van der Waals surface area (Å²) in [5.74, 6) is -0.322. The van der Waals surface area contributed by atoms with Crippen LogP contribution < -0.4 is 5.32 Å². The van der Waals surface area contributed by atoms with Crippen LogP contribution in [0.15, 0.2) is 46.7 Å². The molecule has 0 aliphatic heterocycles. The number of amides is 1. The second kappa shape index (κ2) is 8.18. The number of nitrogens with one attached hydrogen (secondary N) is 1. The first-order valence-electron chi connectivity index (χ1n) is 10.1. The molecule has 1 heterocycles. The number of nitrogens with zero attached hydrogens (tertiary/aromatic N) is 2. The summed E-state index contributed by atoms with van der Waals surface area (Å²) in [5, 5.41) is 5.25. The highest BCUT2D eigenvalue weighted by atomic mass is 32.2. The molecule has 4 rings (SSSR count). The van der Waals surface area contributed by atoms with Crippen molar-refractivity contribution in [1.82, 2.24) is 9.29 Å². The number of carbonyl (C=O) groups excluding carboxylic acids is 1. The van der Waals surface area contributed by atoms with Crippen molar-refractivity contribution >= 4 is 32.4 Å². The first-order chi connectivity index (χ1) is 14.7. The summed E-state index contributed by atoms with van der Waals surface area (Å²) in [5.41, 5.74) is 5.79. The van der Waals surface area contributed by atoms with E-state index in [0.717, 1.165) is 35.2 Å². The van der Waals surface area contributed by atoms with Gasteiger partial charge in [-0.25, -0.2) is 13.4 Å². The molecule has 1 aromatic heterocycles. The van der Waals surface area contributed by atoms with Gasteiger partial charge in [0.05, 0.1) is 10.6 Å². The molecule has 31 heavy (non-hydrogen) atoms. The van der Waals surface area contributed by atoms with Gasteiger partial charge in [-0.3, -0.25) is 10.1 Å². The average molecular weight is 456 g/mol. The highest BCUT2D eigenvalue weighted by Gasteiger charge is 2.35. The van der Waals surface area contributed by atoms with Crippen molar-refractivity contribution in [2.75, 3.05) is 12.4 Å². The Hall–Kier alpha value is -2.55. The van der Waals surface area contributed by atoms with Crippen LogP contribution in [-0.4, -0.2) is 36.7 Å². The van der Waals surface area contributed by atoms with Gasteiger partial charge in [0.1, 0.15) is 0 Å². The van der Waals surface area contributed by atoms with Crippen molar-refractivity contribution < 1.29 is 13.2 Å². The Morgan fingerprint density at radius 3 is 2.29 bits per heavy atom. The third kappa shape index (κ3) is 4.42. The summed E-state index contributed by atoms with van der Waals surface area (Å²) in [4.78, 5) is 17.4. The minimum atomic E-state index is -3.52. The SMILES string of the molecule is Cc1cc(C)c(-c2csc(NC(=O)c3ccc(S(=O)(=O)N(C)C4CC4)cc3)n2)c(C)c1. The molecule has 1 aliphatic rings. The molecule has 162 valence electrons. The zero-order valence-electron chi connectivity index (χ0n) is 18.0. The van der Waals surface area contributed by atoms with Crippen LogP contribution in [0.5, 0.6) is 0 Å². The summed E-state index contributed by atoms with van der Waals surface area (Å²) >= 11 is 1.36. The Kier molecular flexibility index (Phi) is 5.72. The van der Waals surface area contributed by atoms with Gasteiger partial charge in [0.25, 0.3) is 5.91 Å². The van der Waals surface area contributed by atoms with E-state index in [1.54, 1.807) is 7.05 Å². The van der Waals surface area contributed by atoms with Crippen molar-refractivity contribution in [3.8, 4) is 11.3 Å². The zero-order chi connectivity index (χ0) is 22.3. The molecule has 1 N–H and O–H groups in total. The Bertz CT molecular complexity index is 1220. The topological polar surface area (TPSA) is 79.4 Å². The van der Waals surface area contributed by atoms with E-state index in [0.29, 0.717) is 10.7 Å². The lowest BCUT2D eigenvalue weighted by atomic mass is 9.98. The molecule has 0 radical (unpaired) electrons. The predicted molar refractivity (Wildman–Crippen MR) is 124 cm³/mol. The number of aryl methyl sites for hydroxylation is 3. The average Bonchev–Trinajstić information content (AvgIpc) is 3.47. The Balaban J connectivity index is 1.49. The molecule has 2 aromatic carbocycles. The fourth-order valence-corrected chi connectivity index (χ4v) is 5.89. The van der Waals surface area contributed by atoms with Gasteiger partial charge in [-0.2, -0.15) is 4.31 Å². The summed E-state index contributed by atoms with van der Waals surface area (Å²) in [6.45, 7) is 6.18. The van der Waals surface area contributed by atoms with Gasteiger partial charge in [0, 0.05) is 29.6 Å². The van der Waals surface area contributed by atoms with Crippen LogP contribution in [0.4, 0.5) is 5.13 Å². The fourth-order valence-electron chi connectivity index (χ4n) is 3.78. The van der Waals surface area contributed by atoms with Crippen LogP contribution in [0.2, 0.25) is 0 Å². The van der Waals surface area contributed by atoms with Crippen molar-refractivity contribution in [2.24, 2.45) is 0 Å². The van der Waals surface area contributed by atoms with Crippen LogP contribution in [0, 0.1) is 20.8 Å². The van der Waals surface area contributed by atoms with Crippen molar-refractivity contribution in [2.45, 2.75) is 44.6 Å². The lowest BCUT2D eigenvalue weighted by Gasteiger charge is -2.16. The van der Waals surface area contributed by atoms with E-state index in [1.165, 1.54) is 45.5 Å². The summed E-state index contributed by atoms with van der Waals surface area (Å²) in [6.07, 6.45) is 1.79. The second-order valence-electron chi connectivity index (χ2n) is 8.04. The zero-order valence-corrected chi connectivity index (χ0v) is 19.6. The summed E-state index contributed by atoms with van der Waals surface area (Å²) in [7, 11) is -1.92. The number of carbonyl (C=O) groups is 1. The number of rotatable bonds is 6. The highest BCUT2D eigenvalue weighted by molar-refractivity contribution is 7.89. The summed E-state index contributed by atoms with van der Waals surface area (Å²) in [6, 6.07) is 10.4. The minimum Gasteiger partial charge on any atom is -0.298 e. The van der Waals surface area contributed by atoms with E-state index in [4.69, 9.17) is 0 Å². The number of benzene rings is 2. The fraction of sp³-hybridized carbons (Fsp3) is 0.304. The molecule has 0 atom stereocenters. The maximum absolute atomic E-state index is 12.6. The number of thiazole rings is 1. The van der Waals surface area contributed by atoms with Crippen LogP contribution in [0.3, 0.4) is 0 Å². The molecule has 1 amide bonds. The monoisotopic (exact) mass is 455 g/mol. The first kappa shape index (κ1) is 21.7. The third-order valence-corrected chi connectivity index (χ3v) is 8.19. The van der Waals surface area contributed by atoms with Gasteiger partial charge < -0.3 is 0 Å². The summed E-state index contributed by atoms with van der Waals surface area (Å²) < 4.78 is 26.6. The van der Waals surface area contributed by atoms with Crippen molar-refractivity contribution in [3.05, 3.63) is 64.0 Å². The van der Waals surface area contributed by atoms with Crippen LogP contribution in [-0.2, 0) is 10.0 Å². The number of aromatic nitrogens is 1. The first-order valence-corrected chi connectivity index (χ1v) is 12.4. The largest absolute Gasteiger partial charge is 0.298 e. The molecule has 0 unspecified atom stereocenters. The standard InChI is InChI=1S/C23H25N3O3S2/c1-14-11-15(2)21(16(3)12-14)20-13-30-23(24-20)25-22(27)17-5-9-19(10-6-17)31(28,29)26(4)18-7-8-18/h5-6,9-13,18H,7-8H2,1-4H3,(H,24,25,27). The Morgan fingerprint density at radius 1 is 1.10 bits per heavy atom. The smallest absolute Gasteiger partial charge is 0.257 e. The Morgan fingerprint density at radius 2 is 1.71 bits per heavy atom. The van der Waals surface area contributed by atoms with Gasteiger partial charge in [-0.15, -0.1) is 11.3 Å². The number of anilines is 1. The quantitative estimate of drug-likeness (QED) is 0.581. The third-order valence-electron chi connectivity index (χ3n) is 5.51. The molecule has 3 aromatic rings. The van der Waals surface area contributed by atoms with E-state index in [-0.39, 0.29) is 16.8 Å². The number of sulfonamides is 1. The molecular formula is C23H25N3O3S2. The molecule has 1 fully saturated rings. The molecule has 1 saturated carbocycles.